The summed E-state index contributed by atoms with van der Waals surface area (Å²) in [5.41, 5.74) is 3.83. The molecular weight excluding hydrogens is 319 g/mol. The van der Waals surface area contributed by atoms with E-state index in [0.717, 1.165) is 16.7 Å². The molecule has 1 aliphatic heterocycles. The monoisotopic (exact) mass is 340 g/mol. The minimum atomic E-state index is -0.803. The molecule has 0 bridgehead atoms. The average molecular weight is 340 g/mol. The second-order valence-corrected chi connectivity index (χ2v) is 7.18. The van der Waals surface area contributed by atoms with Gasteiger partial charge in [0.2, 0.25) is 5.79 Å². The van der Waals surface area contributed by atoms with Crippen molar-refractivity contribution in [1.82, 2.24) is 0 Å². The normalized spacial score (nSPS) is 23.6. The highest BCUT2D eigenvalue weighted by molar-refractivity contribution is 5.44. The fourth-order valence-corrected chi connectivity index (χ4v) is 3.75. The molecule has 1 aliphatic carbocycles. The van der Waals surface area contributed by atoms with Crippen molar-refractivity contribution in [1.29, 1.82) is 0 Å². The van der Waals surface area contributed by atoms with Gasteiger partial charge in [0, 0.05) is 26.2 Å². The van der Waals surface area contributed by atoms with E-state index in [1.165, 1.54) is 12.1 Å². The SMILES string of the molecule is CC1(C)OC=C(CC2c3ccccc3Cc3ccc(F)cc3C2O)O1. The Morgan fingerprint density at radius 1 is 1.12 bits per heavy atom. The molecule has 1 heterocycles. The van der Waals surface area contributed by atoms with Crippen molar-refractivity contribution >= 4 is 0 Å². The summed E-state index contributed by atoms with van der Waals surface area (Å²) >= 11 is 0. The number of rotatable bonds is 2. The third-order valence-electron chi connectivity index (χ3n) is 4.92. The van der Waals surface area contributed by atoms with Crippen molar-refractivity contribution in [2.45, 2.75) is 44.5 Å². The fourth-order valence-electron chi connectivity index (χ4n) is 3.75. The Morgan fingerprint density at radius 2 is 1.88 bits per heavy atom. The van der Waals surface area contributed by atoms with E-state index in [1.807, 2.05) is 32.0 Å². The second-order valence-electron chi connectivity index (χ2n) is 7.18. The van der Waals surface area contributed by atoms with Crippen LogP contribution in [0.25, 0.3) is 0 Å². The number of fused-ring (bicyclic) bond motifs is 2. The smallest absolute Gasteiger partial charge is 0.244 e. The standard InChI is InChI=1S/C21H21FO3/c1-21(2)24-12-16(25-21)11-19-17-6-4-3-5-13(17)9-14-7-8-15(22)10-18(14)20(19)23/h3-8,10,12,19-20,23H,9,11H2,1-2H3. The van der Waals surface area contributed by atoms with Crippen LogP contribution in [0.15, 0.2) is 54.5 Å². The van der Waals surface area contributed by atoms with Crippen molar-refractivity contribution in [2.75, 3.05) is 0 Å². The fraction of sp³-hybridized carbons (Fsp3) is 0.333. The largest absolute Gasteiger partial charge is 0.457 e. The third kappa shape index (κ3) is 3.02. The summed E-state index contributed by atoms with van der Waals surface area (Å²) in [4.78, 5) is 0. The van der Waals surface area contributed by atoms with Gasteiger partial charge in [-0.05, 0) is 40.8 Å². The summed E-state index contributed by atoms with van der Waals surface area (Å²) in [5.74, 6) is -0.538. The molecular formula is C21H21FO3. The summed E-state index contributed by atoms with van der Waals surface area (Å²) in [6.07, 6.45) is 1.99. The lowest BCUT2D eigenvalue weighted by Crippen LogP contribution is -2.21. The molecule has 2 atom stereocenters. The van der Waals surface area contributed by atoms with Crippen molar-refractivity contribution < 1.29 is 19.0 Å². The van der Waals surface area contributed by atoms with E-state index < -0.39 is 11.9 Å². The Labute approximate surface area is 146 Å². The van der Waals surface area contributed by atoms with Gasteiger partial charge in [-0.25, -0.2) is 4.39 Å². The highest BCUT2D eigenvalue weighted by Crippen LogP contribution is 2.44. The van der Waals surface area contributed by atoms with Crippen LogP contribution in [0.3, 0.4) is 0 Å². The van der Waals surface area contributed by atoms with Crippen LogP contribution in [-0.4, -0.2) is 10.9 Å². The van der Waals surface area contributed by atoms with Gasteiger partial charge in [0.25, 0.3) is 0 Å². The molecule has 4 heteroatoms. The summed E-state index contributed by atoms with van der Waals surface area (Å²) < 4.78 is 25.1. The maximum atomic E-state index is 13.8. The predicted octanol–water partition coefficient (Wildman–Crippen LogP) is 4.56. The molecule has 2 aromatic carbocycles. The van der Waals surface area contributed by atoms with Gasteiger partial charge in [0.15, 0.2) is 0 Å². The van der Waals surface area contributed by atoms with Gasteiger partial charge in [-0.2, -0.15) is 0 Å². The molecule has 0 saturated carbocycles. The highest BCUT2D eigenvalue weighted by Gasteiger charge is 2.35. The molecule has 0 fully saturated rings. The lowest BCUT2D eigenvalue weighted by molar-refractivity contribution is -0.118. The molecule has 2 unspecified atom stereocenters. The molecule has 4 rings (SSSR count). The van der Waals surface area contributed by atoms with E-state index in [0.29, 0.717) is 24.2 Å². The summed E-state index contributed by atoms with van der Waals surface area (Å²) in [6.45, 7) is 3.69. The molecule has 0 spiro atoms. The summed E-state index contributed by atoms with van der Waals surface area (Å²) in [7, 11) is 0. The predicted molar refractivity (Wildman–Crippen MR) is 92.3 cm³/mol. The number of benzene rings is 2. The number of hydrogen-bond donors (Lipinski definition) is 1. The first-order valence-electron chi connectivity index (χ1n) is 8.53. The average Bonchev–Trinajstić information content (AvgIpc) is 2.87. The molecule has 130 valence electrons. The number of ether oxygens (including phenoxy) is 2. The van der Waals surface area contributed by atoms with Crippen molar-refractivity contribution in [3.05, 3.63) is 82.6 Å². The van der Waals surface area contributed by atoms with E-state index >= 15 is 0 Å². The Kier molecular flexibility index (Phi) is 3.80. The first-order chi connectivity index (χ1) is 11.9. The van der Waals surface area contributed by atoms with Crippen molar-refractivity contribution in [3.63, 3.8) is 0 Å². The Bertz CT molecular complexity index is 841. The molecule has 2 aliphatic rings. The van der Waals surface area contributed by atoms with E-state index in [2.05, 4.69) is 6.07 Å². The van der Waals surface area contributed by atoms with Crippen molar-refractivity contribution in [2.24, 2.45) is 0 Å². The number of hydrogen-bond acceptors (Lipinski definition) is 3. The van der Waals surface area contributed by atoms with Gasteiger partial charge >= 0.3 is 0 Å². The van der Waals surface area contributed by atoms with Gasteiger partial charge < -0.3 is 14.6 Å². The van der Waals surface area contributed by atoms with Crippen LogP contribution >= 0.6 is 0 Å². The zero-order valence-electron chi connectivity index (χ0n) is 14.3. The second kappa shape index (κ2) is 5.88. The van der Waals surface area contributed by atoms with E-state index in [-0.39, 0.29) is 11.7 Å². The molecule has 25 heavy (non-hydrogen) atoms. The van der Waals surface area contributed by atoms with Crippen LogP contribution in [0.1, 0.15) is 54.5 Å². The Balaban J connectivity index is 1.76. The minimum absolute atomic E-state index is 0.219. The van der Waals surface area contributed by atoms with Crippen LogP contribution in [0.5, 0.6) is 0 Å². The van der Waals surface area contributed by atoms with Crippen LogP contribution in [-0.2, 0) is 15.9 Å². The number of allylic oxidation sites excluding steroid dienone is 1. The maximum Gasteiger partial charge on any atom is 0.244 e. The first-order valence-corrected chi connectivity index (χ1v) is 8.53. The first kappa shape index (κ1) is 16.2. The number of aliphatic hydroxyl groups excluding tert-OH is 1. The van der Waals surface area contributed by atoms with E-state index in [9.17, 15) is 9.50 Å². The van der Waals surface area contributed by atoms with Gasteiger partial charge in [0.05, 0.1) is 6.10 Å². The Morgan fingerprint density at radius 3 is 2.64 bits per heavy atom. The zero-order valence-corrected chi connectivity index (χ0v) is 14.3. The topological polar surface area (TPSA) is 38.7 Å². The number of halogens is 1. The van der Waals surface area contributed by atoms with Crippen LogP contribution in [0.4, 0.5) is 4.39 Å². The van der Waals surface area contributed by atoms with E-state index in [4.69, 9.17) is 9.47 Å². The lowest BCUT2D eigenvalue weighted by atomic mass is 9.86. The van der Waals surface area contributed by atoms with Gasteiger partial charge in [0.1, 0.15) is 17.8 Å². The molecule has 0 aromatic heterocycles. The quantitative estimate of drug-likeness (QED) is 0.871. The van der Waals surface area contributed by atoms with Crippen molar-refractivity contribution in [3.8, 4) is 0 Å². The zero-order chi connectivity index (χ0) is 17.6. The molecule has 1 N–H and O–H groups in total. The third-order valence-corrected chi connectivity index (χ3v) is 4.92. The number of aliphatic hydroxyl groups is 1. The molecule has 3 nitrogen and oxygen atoms in total. The molecule has 0 radical (unpaired) electrons. The van der Waals surface area contributed by atoms with Gasteiger partial charge in [-0.1, -0.05) is 30.3 Å². The summed E-state index contributed by atoms with van der Waals surface area (Å²) in [6, 6.07) is 12.7. The van der Waals surface area contributed by atoms with Gasteiger partial charge in [-0.15, -0.1) is 0 Å². The van der Waals surface area contributed by atoms with Crippen LogP contribution < -0.4 is 0 Å². The maximum absolute atomic E-state index is 13.8. The highest BCUT2D eigenvalue weighted by atomic mass is 19.1. The van der Waals surface area contributed by atoms with E-state index in [1.54, 1.807) is 12.3 Å². The molecule has 2 aromatic rings. The summed E-state index contributed by atoms with van der Waals surface area (Å²) in [5, 5.41) is 11.1. The molecule has 0 saturated heterocycles. The van der Waals surface area contributed by atoms with Gasteiger partial charge in [-0.3, -0.25) is 0 Å². The minimum Gasteiger partial charge on any atom is -0.457 e. The lowest BCUT2D eigenvalue weighted by Gasteiger charge is -2.25. The van der Waals surface area contributed by atoms with Crippen LogP contribution in [0, 0.1) is 5.82 Å². The van der Waals surface area contributed by atoms with Crippen LogP contribution in [0.2, 0.25) is 0 Å². The molecule has 0 amide bonds. The Hall–Kier alpha value is -2.33.